The second-order valence-corrected chi connectivity index (χ2v) is 4.73. The van der Waals surface area contributed by atoms with Crippen LogP contribution in [0.2, 0.25) is 0 Å². The minimum atomic E-state index is 0.0957. The van der Waals surface area contributed by atoms with Crippen molar-refractivity contribution in [3.63, 3.8) is 0 Å². The SMILES string of the molecule is CC(=O)SCC#Cc1ccc(-n2cccn2)cc1. The monoisotopic (exact) mass is 256 g/mol. The van der Waals surface area contributed by atoms with Crippen LogP contribution in [0.1, 0.15) is 12.5 Å². The average Bonchev–Trinajstić information content (AvgIpc) is 2.89. The van der Waals surface area contributed by atoms with E-state index in [1.54, 1.807) is 17.8 Å². The maximum atomic E-state index is 10.7. The van der Waals surface area contributed by atoms with Gasteiger partial charge in [0.15, 0.2) is 5.12 Å². The molecule has 3 nitrogen and oxygen atoms in total. The highest BCUT2D eigenvalue weighted by Gasteiger charge is 1.95. The first-order valence-electron chi connectivity index (χ1n) is 5.48. The van der Waals surface area contributed by atoms with Gasteiger partial charge in [-0.3, -0.25) is 4.79 Å². The average molecular weight is 256 g/mol. The van der Waals surface area contributed by atoms with Crippen LogP contribution >= 0.6 is 11.8 Å². The van der Waals surface area contributed by atoms with Crippen LogP contribution in [0.25, 0.3) is 5.69 Å². The van der Waals surface area contributed by atoms with Crippen LogP contribution in [-0.4, -0.2) is 20.6 Å². The lowest BCUT2D eigenvalue weighted by atomic mass is 10.2. The molecule has 1 heterocycles. The topological polar surface area (TPSA) is 34.9 Å². The molecule has 18 heavy (non-hydrogen) atoms. The maximum absolute atomic E-state index is 10.7. The number of thioether (sulfide) groups is 1. The van der Waals surface area contributed by atoms with Gasteiger partial charge in [0.05, 0.1) is 11.4 Å². The summed E-state index contributed by atoms with van der Waals surface area (Å²) in [6, 6.07) is 9.71. The summed E-state index contributed by atoms with van der Waals surface area (Å²) in [6.45, 7) is 1.55. The Hall–Kier alpha value is -1.99. The summed E-state index contributed by atoms with van der Waals surface area (Å²) in [5, 5.41) is 4.25. The quantitative estimate of drug-likeness (QED) is 0.774. The molecule has 0 spiro atoms. The Morgan fingerprint density at radius 1 is 1.39 bits per heavy atom. The van der Waals surface area contributed by atoms with E-state index < -0.39 is 0 Å². The largest absolute Gasteiger partial charge is 0.288 e. The third-order valence-corrected chi connectivity index (χ3v) is 2.91. The van der Waals surface area contributed by atoms with Crippen LogP contribution in [-0.2, 0) is 4.79 Å². The molecule has 2 aromatic rings. The standard InChI is InChI=1S/C14H12N2OS/c1-12(17)18-11-2-4-13-5-7-14(8-6-13)16-10-3-9-15-16/h3,5-10H,11H2,1H3. The molecule has 0 unspecified atom stereocenters. The van der Waals surface area contributed by atoms with Gasteiger partial charge in [-0.2, -0.15) is 5.10 Å². The molecule has 0 aliphatic carbocycles. The van der Waals surface area contributed by atoms with Gasteiger partial charge >= 0.3 is 0 Å². The van der Waals surface area contributed by atoms with E-state index in [1.807, 2.05) is 36.5 Å². The van der Waals surface area contributed by atoms with E-state index in [4.69, 9.17) is 0 Å². The van der Waals surface area contributed by atoms with Crippen LogP contribution in [0, 0.1) is 11.8 Å². The van der Waals surface area contributed by atoms with E-state index in [1.165, 1.54) is 11.8 Å². The van der Waals surface area contributed by atoms with Gasteiger partial charge in [-0.15, -0.1) is 0 Å². The van der Waals surface area contributed by atoms with Crippen LogP contribution in [0.3, 0.4) is 0 Å². The zero-order valence-corrected chi connectivity index (χ0v) is 10.8. The second kappa shape index (κ2) is 6.08. The molecule has 0 saturated carbocycles. The lowest BCUT2D eigenvalue weighted by Crippen LogP contribution is -1.93. The molecule has 0 aliphatic rings. The Balaban J connectivity index is 2.02. The molecule has 0 amide bonds. The fourth-order valence-corrected chi connectivity index (χ4v) is 1.74. The molecule has 0 fully saturated rings. The highest BCUT2D eigenvalue weighted by Crippen LogP contribution is 2.07. The minimum Gasteiger partial charge on any atom is -0.288 e. The predicted molar refractivity (Wildman–Crippen MR) is 73.6 cm³/mol. The highest BCUT2D eigenvalue weighted by atomic mass is 32.2. The third-order valence-electron chi connectivity index (χ3n) is 2.22. The zero-order chi connectivity index (χ0) is 12.8. The first-order chi connectivity index (χ1) is 8.75. The molecular weight excluding hydrogens is 244 g/mol. The van der Waals surface area contributed by atoms with E-state index in [2.05, 4.69) is 16.9 Å². The van der Waals surface area contributed by atoms with E-state index in [-0.39, 0.29) is 5.12 Å². The predicted octanol–water partition coefficient (Wildman–Crippen LogP) is 2.50. The molecule has 0 aliphatic heterocycles. The van der Waals surface area contributed by atoms with Gasteiger partial charge in [-0.05, 0) is 30.3 Å². The van der Waals surface area contributed by atoms with Gasteiger partial charge < -0.3 is 0 Å². The van der Waals surface area contributed by atoms with Gasteiger partial charge in [-0.1, -0.05) is 23.6 Å². The number of rotatable bonds is 2. The number of benzene rings is 1. The molecular formula is C14H12N2OS. The van der Waals surface area contributed by atoms with Crippen molar-refractivity contribution >= 4 is 16.9 Å². The fraction of sp³-hybridized carbons (Fsp3) is 0.143. The molecule has 0 saturated heterocycles. The maximum Gasteiger partial charge on any atom is 0.186 e. The van der Waals surface area contributed by atoms with E-state index in [9.17, 15) is 4.79 Å². The van der Waals surface area contributed by atoms with Gasteiger partial charge in [0, 0.05) is 24.9 Å². The number of hydrogen-bond acceptors (Lipinski definition) is 3. The molecule has 90 valence electrons. The van der Waals surface area contributed by atoms with Gasteiger partial charge in [0.25, 0.3) is 0 Å². The van der Waals surface area contributed by atoms with Crippen molar-refractivity contribution in [1.82, 2.24) is 9.78 Å². The summed E-state index contributed by atoms with van der Waals surface area (Å²) in [7, 11) is 0. The summed E-state index contributed by atoms with van der Waals surface area (Å²) in [5.41, 5.74) is 1.94. The minimum absolute atomic E-state index is 0.0957. The number of aromatic nitrogens is 2. The third kappa shape index (κ3) is 3.51. The van der Waals surface area contributed by atoms with Crippen molar-refractivity contribution in [2.75, 3.05) is 5.75 Å². The summed E-state index contributed by atoms with van der Waals surface area (Å²) in [4.78, 5) is 10.7. The van der Waals surface area contributed by atoms with E-state index >= 15 is 0 Å². The number of hydrogen-bond donors (Lipinski definition) is 0. The lowest BCUT2D eigenvalue weighted by Gasteiger charge is -2.00. The number of carbonyl (C=O) groups is 1. The van der Waals surface area contributed by atoms with E-state index in [0.717, 1.165) is 11.3 Å². The van der Waals surface area contributed by atoms with Crippen LogP contribution in [0.5, 0.6) is 0 Å². The number of carbonyl (C=O) groups excluding carboxylic acids is 1. The Labute approximate surface area is 110 Å². The molecule has 4 heteroatoms. The molecule has 1 aromatic carbocycles. The Kier molecular flexibility index (Phi) is 4.21. The molecule has 0 atom stereocenters. The number of nitrogens with zero attached hydrogens (tertiary/aromatic N) is 2. The normalized spacial score (nSPS) is 9.61. The smallest absolute Gasteiger partial charge is 0.186 e. The first kappa shape index (κ1) is 12.5. The van der Waals surface area contributed by atoms with Crippen molar-refractivity contribution in [3.8, 4) is 17.5 Å². The molecule has 0 bridgehead atoms. The van der Waals surface area contributed by atoms with Crippen molar-refractivity contribution < 1.29 is 4.79 Å². The van der Waals surface area contributed by atoms with Gasteiger partial charge in [-0.25, -0.2) is 4.68 Å². The first-order valence-corrected chi connectivity index (χ1v) is 6.46. The molecule has 0 N–H and O–H groups in total. The molecule has 1 aromatic heterocycles. The van der Waals surface area contributed by atoms with Crippen molar-refractivity contribution in [2.45, 2.75) is 6.92 Å². The van der Waals surface area contributed by atoms with Gasteiger partial charge in [0.2, 0.25) is 0 Å². The van der Waals surface area contributed by atoms with E-state index in [0.29, 0.717) is 5.75 Å². The van der Waals surface area contributed by atoms with Crippen molar-refractivity contribution in [1.29, 1.82) is 0 Å². The lowest BCUT2D eigenvalue weighted by molar-refractivity contribution is -0.109. The second-order valence-electron chi connectivity index (χ2n) is 3.58. The van der Waals surface area contributed by atoms with Crippen LogP contribution < -0.4 is 0 Å². The Bertz CT molecular complexity index is 577. The summed E-state index contributed by atoms with van der Waals surface area (Å²) in [5.74, 6) is 6.51. The Morgan fingerprint density at radius 2 is 2.17 bits per heavy atom. The van der Waals surface area contributed by atoms with Crippen LogP contribution in [0.4, 0.5) is 0 Å². The molecule has 2 rings (SSSR count). The molecule has 0 radical (unpaired) electrons. The fourth-order valence-electron chi connectivity index (χ4n) is 1.39. The Morgan fingerprint density at radius 3 is 2.78 bits per heavy atom. The summed E-state index contributed by atoms with van der Waals surface area (Å²) in [6.07, 6.45) is 3.64. The van der Waals surface area contributed by atoms with Gasteiger partial charge in [0.1, 0.15) is 0 Å². The summed E-state index contributed by atoms with van der Waals surface area (Å²) < 4.78 is 1.79. The van der Waals surface area contributed by atoms with Crippen molar-refractivity contribution in [2.24, 2.45) is 0 Å². The zero-order valence-electron chi connectivity index (χ0n) is 9.96. The van der Waals surface area contributed by atoms with Crippen molar-refractivity contribution in [3.05, 3.63) is 48.3 Å². The highest BCUT2D eigenvalue weighted by molar-refractivity contribution is 8.13. The summed E-state index contributed by atoms with van der Waals surface area (Å²) >= 11 is 1.23. The van der Waals surface area contributed by atoms with Crippen LogP contribution in [0.15, 0.2) is 42.7 Å².